The van der Waals surface area contributed by atoms with Gasteiger partial charge in [-0.1, -0.05) is 5.16 Å². The molecule has 1 aromatic rings. The summed E-state index contributed by atoms with van der Waals surface area (Å²) in [7, 11) is 0. The number of rotatable bonds is 4. The maximum absolute atomic E-state index is 14.4. The van der Waals surface area contributed by atoms with E-state index in [2.05, 4.69) is 10.1 Å². The Bertz CT molecular complexity index is 495. The Hall–Kier alpha value is -1.99. The molecule has 1 atom stereocenters. The van der Waals surface area contributed by atoms with Crippen molar-refractivity contribution < 1.29 is 14.5 Å². The number of nitro groups is 1. The predicted molar refractivity (Wildman–Crippen MR) is 62.4 cm³/mol. The lowest BCUT2D eigenvalue weighted by Gasteiger charge is -2.28. The van der Waals surface area contributed by atoms with Crippen LogP contribution in [-0.4, -0.2) is 25.4 Å². The maximum atomic E-state index is 14.4. The molecule has 100 valence electrons. The second kappa shape index (κ2) is 4.71. The van der Waals surface area contributed by atoms with Gasteiger partial charge in [-0.25, -0.2) is 4.39 Å². The Kier molecular flexibility index (Phi) is 3.68. The summed E-state index contributed by atoms with van der Waals surface area (Å²) < 4.78 is 15.5. The van der Waals surface area contributed by atoms with Gasteiger partial charge in [-0.2, -0.15) is 0 Å². The van der Waals surface area contributed by atoms with Crippen molar-refractivity contribution in [3.63, 3.8) is 0 Å². The Morgan fingerprint density at radius 2 is 2.28 bits per heavy atom. The fraction of sp³-hybridized carbons (Fsp3) is 0.600. The highest BCUT2D eigenvalue weighted by atomic mass is 19.1. The molecular weight excluding hydrogens is 243 g/mol. The summed E-state index contributed by atoms with van der Waals surface area (Å²) >= 11 is 0. The van der Waals surface area contributed by atoms with E-state index < -0.39 is 16.6 Å². The number of nitrogens with zero attached hydrogens (tertiary/aromatic N) is 4. The number of hydrogen-bond acceptors (Lipinski definition) is 5. The van der Waals surface area contributed by atoms with Gasteiger partial charge in [0.05, 0.1) is 11.1 Å². The van der Waals surface area contributed by atoms with Gasteiger partial charge in [-0.05, 0) is 37.6 Å². The molecule has 0 spiro atoms. The van der Waals surface area contributed by atoms with E-state index in [0.29, 0.717) is 0 Å². The van der Waals surface area contributed by atoms with Crippen molar-refractivity contribution in [3.8, 4) is 0 Å². The normalized spacial score (nSPS) is 14.6. The summed E-state index contributed by atoms with van der Waals surface area (Å²) in [5.74, 6) is -0.382. The van der Waals surface area contributed by atoms with Crippen molar-refractivity contribution >= 4 is 11.5 Å². The Morgan fingerprint density at radius 3 is 2.67 bits per heavy atom. The van der Waals surface area contributed by atoms with Crippen molar-refractivity contribution in [2.75, 3.05) is 0 Å². The van der Waals surface area contributed by atoms with Crippen LogP contribution in [0.1, 0.15) is 32.8 Å². The van der Waals surface area contributed by atoms with Gasteiger partial charge in [0.25, 0.3) is 0 Å². The van der Waals surface area contributed by atoms with E-state index in [0.717, 1.165) is 10.9 Å². The zero-order valence-corrected chi connectivity index (χ0v) is 10.6. The molecule has 1 aromatic heterocycles. The van der Waals surface area contributed by atoms with E-state index in [9.17, 15) is 14.5 Å². The maximum Gasteiger partial charge on any atom is 0.384 e. The quantitative estimate of drug-likeness (QED) is 0.388. The van der Waals surface area contributed by atoms with E-state index in [1.807, 2.05) is 0 Å². The SMILES string of the molecule is CC(=NO)C(C)(C)C(F)n1cnc([N+](=O)[O-])c1C. The first-order chi connectivity index (χ1) is 8.23. The monoisotopic (exact) mass is 258 g/mol. The van der Waals surface area contributed by atoms with Crippen LogP contribution in [0.3, 0.4) is 0 Å². The van der Waals surface area contributed by atoms with Crippen LogP contribution >= 0.6 is 0 Å². The number of hydrogen-bond donors (Lipinski definition) is 1. The number of halogens is 1. The van der Waals surface area contributed by atoms with Crippen molar-refractivity contribution in [3.05, 3.63) is 22.1 Å². The zero-order chi connectivity index (χ0) is 14.1. The Labute approximate surface area is 103 Å². The van der Waals surface area contributed by atoms with Crippen molar-refractivity contribution in [2.45, 2.75) is 34.0 Å². The van der Waals surface area contributed by atoms with E-state index in [1.165, 1.54) is 27.7 Å². The lowest BCUT2D eigenvalue weighted by Crippen LogP contribution is -2.31. The van der Waals surface area contributed by atoms with Gasteiger partial charge in [0.1, 0.15) is 5.69 Å². The summed E-state index contributed by atoms with van der Waals surface area (Å²) in [4.78, 5) is 13.5. The minimum atomic E-state index is -1.62. The molecule has 0 aliphatic heterocycles. The summed E-state index contributed by atoms with van der Waals surface area (Å²) in [5, 5.41) is 22.3. The van der Waals surface area contributed by atoms with Crippen LogP contribution in [0, 0.1) is 22.5 Å². The van der Waals surface area contributed by atoms with Crippen molar-refractivity contribution in [1.29, 1.82) is 0 Å². The van der Waals surface area contributed by atoms with Crippen LogP contribution in [0.2, 0.25) is 0 Å². The molecule has 0 saturated carbocycles. The lowest BCUT2D eigenvalue weighted by molar-refractivity contribution is -0.390. The first kappa shape index (κ1) is 14.1. The molecule has 0 fully saturated rings. The second-order valence-corrected chi connectivity index (χ2v) is 4.56. The highest BCUT2D eigenvalue weighted by Gasteiger charge is 2.37. The molecule has 8 heteroatoms. The molecule has 0 radical (unpaired) electrons. The molecule has 1 heterocycles. The number of alkyl halides is 1. The van der Waals surface area contributed by atoms with Gasteiger partial charge in [0, 0.05) is 0 Å². The van der Waals surface area contributed by atoms with Crippen molar-refractivity contribution in [2.24, 2.45) is 10.6 Å². The Balaban J connectivity index is 3.20. The first-order valence-electron chi connectivity index (χ1n) is 5.24. The topological polar surface area (TPSA) is 93.6 Å². The molecule has 1 N–H and O–H groups in total. The van der Waals surface area contributed by atoms with Gasteiger partial charge in [0.15, 0.2) is 6.30 Å². The van der Waals surface area contributed by atoms with Crippen molar-refractivity contribution in [1.82, 2.24) is 9.55 Å². The molecular formula is C10H15FN4O3. The zero-order valence-electron chi connectivity index (χ0n) is 10.6. The smallest absolute Gasteiger partial charge is 0.384 e. The lowest BCUT2D eigenvalue weighted by atomic mass is 9.86. The molecule has 0 aromatic carbocycles. The van der Waals surface area contributed by atoms with Gasteiger partial charge in [0.2, 0.25) is 6.33 Å². The fourth-order valence-corrected chi connectivity index (χ4v) is 1.47. The van der Waals surface area contributed by atoms with E-state index in [1.54, 1.807) is 0 Å². The number of aromatic nitrogens is 2. The average Bonchev–Trinajstić information content (AvgIpc) is 2.68. The van der Waals surface area contributed by atoms with Crippen LogP contribution in [0.4, 0.5) is 10.2 Å². The molecule has 0 aliphatic carbocycles. The van der Waals surface area contributed by atoms with Gasteiger partial charge < -0.3 is 15.3 Å². The molecule has 0 amide bonds. The third-order valence-corrected chi connectivity index (χ3v) is 3.11. The van der Waals surface area contributed by atoms with Gasteiger partial charge in [-0.3, -0.25) is 4.57 Å². The molecule has 18 heavy (non-hydrogen) atoms. The first-order valence-corrected chi connectivity index (χ1v) is 5.24. The molecule has 0 saturated heterocycles. The van der Waals surface area contributed by atoms with E-state index >= 15 is 0 Å². The third kappa shape index (κ3) is 2.18. The Morgan fingerprint density at radius 1 is 1.72 bits per heavy atom. The van der Waals surface area contributed by atoms with Crippen LogP contribution in [-0.2, 0) is 0 Å². The predicted octanol–water partition coefficient (Wildman–Crippen LogP) is 2.44. The van der Waals surface area contributed by atoms with Crippen LogP contribution in [0.5, 0.6) is 0 Å². The molecule has 0 bridgehead atoms. The average molecular weight is 258 g/mol. The summed E-state index contributed by atoms with van der Waals surface area (Å²) in [5.41, 5.74) is -0.800. The van der Waals surface area contributed by atoms with Crippen LogP contribution < -0.4 is 0 Å². The second-order valence-electron chi connectivity index (χ2n) is 4.56. The van der Waals surface area contributed by atoms with Gasteiger partial charge in [-0.15, -0.1) is 0 Å². The summed E-state index contributed by atoms with van der Waals surface area (Å²) in [6.45, 7) is 5.97. The largest absolute Gasteiger partial charge is 0.411 e. The minimum absolute atomic E-state index is 0.117. The minimum Gasteiger partial charge on any atom is -0.411 e. The third-order valence-electron chi connectivity index (χ3n) is 3.11. The summed E-state index contributed by atoms with van der Waals surface area (Å²) in [6, 6.07) is 0. The number of imidazole rings is 1. The van der Waals surface area contributed by atoms with Crippen LogP contribution in [0.25, 0.3) is 0 Å². The van der Waals surface area contributed by atoms with E-state index in [4.69, 9.17) is 5.21 Å². The highest BCUT2D eigenvalue weighted by Crippen LogP contribution is 2.36. The van der Waals surface area contributed by atoms with Crippen LogP contribution in [0.15, 0.2) is 11.5 Å². The number of oxime groups is 1. The molecule has 1 rings (SSSR count). The molecule has 7 nitrogen and oxygen atoms in total. The standard InChI is InChI=1S/C10H15FN4O3/c1-6-8(15(17)18)12-5-14(6)9(11)10(3,4)7(2)13-16/h5,9,16H,1-4H3. The molecule has 1 unspecified atom stereocenters. The molecule has 0 aliphatic rings. The van der Waals surface area contributed by atoms with E-state index in [-0.39, 0.29) is 17.2 Å². The fourth-order valence-electron chi connectivity index (χ4n) is 1.47. The van der Waals surface area contributed by atoms with Gasteiger partial charge >= 0.3 is 5.82 Å². The highest BCUT2D eigenvalue weighted by molar-refractivity contribution is 5.87. The summed E-state index contributed by atoms with van der Waals surface area (Å²) in [6.07, 6.45) is -0.542.